The molecule has 0 aliphatic carbocycles. The highest BCUT2D eigenvalue weighted by molar-refractivity contribution is 5.54. The van der Waals surface area contributed by atoms with Crippen LogP contribution in [-0.2, 0) is 22.1 Å². The first-order chi connectivity index (χ1) is 11.1. The average molecular weight is 331 g/mol. The molecule has 132 valence electrons. The van der Waals surface area contributed by atoms with E-state index in [0.717, 1.165) is 29.6 Å². The molecule has 0 aliphatic heterocycles. The normalized spacial score (nSPS) is 12.5. The van der Waals surface area contributed by atoms with Crippen LogP contribution in [0.3, 0.4) is 0 Å². The summed E-state index contributed by atoms with van der Waals surface area (Å²) in [5.74, 6) is 1.63. The lowest BCUT2D eigenvalue weighted by Gasteiger charge is -2.23. The SMILES string of the molecule is COCCn1cc(Nc2cc(C(C)(C)C)nc(C(C)(C)C)n2)cn1. The highest BCUT2D eigenvalue weighted by Gasteiger charge is 2.23. The quantitative estimate of drug-likeness (QED) is 0.906. The van der Waals surface area contributed by atoms with Crippen molar-refractivity contribution in [3.63, 3.8) is 0 Å². The number of hydrogen-bond acceptors (Lipinski definition) is 5. The first-order valence-corrected chi connectivity index (χ1v) is 8.28. The van der Waals surface area contributed by atoms with E-state index in [9.17, 15) is 0 Å². The number of rotatable bonds is 5. The smallest absolute Gasteiger partial charge is 0.136 e. The standard InChI is InChI=1S/C18H29N5O/c1-17(2,3)14-10-15(22-16(21-14)18(4,5)6)20-13-11-19-23(12-13)8-9-24-7/h10-12H,8-9H2,1-7H3,(H,20,21,22). The number of anilines is 2. The number of nitrogens with zero attached hydrogens (tertiary/aromatic N) is 4. The van der Waals surface area contributed by atoms with E-state index in [1.165, 1.54) is 0 Å². The van der Waals surface area contributed by atoms with E-state index in [1.807, 2.05) is 16.9 Å². The second kappa shape index (κ2) is 6.89. The summed E-state index contributed by atoms with van der Waals surface area (Å²) in [6.07, 6.45) is 3.75. The Kier molecular flexibility index (Phi) is 5.28. The van der Waals surface area contributed by atoms with Crippen LogP contribution in [0, 0.1) is 0 Å². The van der Waals surface area contributed by atoms with E-state index < -0.39 is 0 Å². The molecule has 2 aromatic heterocycles. The molecule has 0 aliphatic rings. The van der Waals surface area contributed by atoms with E-state index in [-0.39, 0.29) is 10.8 Å². The molecule has 24 heavy (non-hydrogen) atoms. The molecule has 2 aromatic rings. The van der Waals surface area contributed by atoms with Crippen LogP contribution in [0.2, 0.25) is 0 Å². The molecule has 6 heteroatoms. The van der Waals surface area contributed by atoms with Gasteiger partial charge in [-0.1, -0.05) is 41.5 Å². The second-order valence-electron chi connectivity index (χ2n) is 8.07. The van der Waals surface area contributed by atoms with Gasteiger partial charge in [0.05, 0.1) is 30.7 Å². The lowest BCUT2D eigenvalue weighted by molar-refractivity contribution is 0.183. The maximum Gasteiger partial charge on any atom is 0.136 e. The number of hydrogen-bond donors (Lipinski definition) is 1. The van der Waals surface area contributed by atoms with E-state index in [2.05, 4.69) is 52.0 Å². The molecule has 0 bridgehead atoms. The summed E-state index contributed by atoms with van der Waals surface area (Å²) in [6, 6.07) is 2.02. The third-order valence-corrected chi connectivity index (χ3v) is 3.60. The van der Waals surface area contributed by atoms with Gasteiger partial charge < -0.3 is 10.1 Å². The maximum absolute atomic E-state index is 5.08. The van der Waals surface area contributed by atoms with Crippen LogP contribution in [0.4, 0.5) is 11.5 Å². The largest absolute Gasteiger partial charge is 0.383 e. The molecule has 6 nitrogen and oxygen atoms in total. The molecule has 0 fully saturated rings. The third kappa shape index (κ3) is 4.77. The zero-order valence-electron chi connectivity index (χ0n) is 15.8. The molecule has 2 heterocycles. The number of methoxy groups -OCH3 is 1. The van der Waals surface area contributed by atoms with Gasteiger partial charge in [-0.05, 0) is 0 Å². The van der Waals surface area contributed by atoms with Crippen molar-refractivity contribution in [2.75, 3.05) is 19.0 Å². The predicted octanol–water partition coefficient (Wildman–Crippen LogP) is 3.66. The Morgan fingerprint density at radius 2 is 1.79 bits per heavy atom. The molecule has 0 atom stereocenters. The zero-order chi connectivity index (χ0) is 18.0. The highest BCUT2D eigenvalue weighted by atomic mass is 16.5. The van der Waals surface area contributed by atoms with Gasteiger partial charge in [0.15, 0.2) is 0 Å². The highest BCUT2D eigenvalue weighted by Crippen LogP contribution is 2.27. The fourth-order valence-corrected chi connectivity index (χ4v) is 2.11. The van der Waals surface area contributed by atoms with Crippen molar-refractivity contribution < 1.29 is 4.74 Å². The Bertz CT molecular complexity index is 647. The number of aromatic nitrogens is 4. The van der Waals surface area contributed by atoms with Crippen molar-refractivity contribution in [3.8, 4) is 0 Å². The molecule has 0 aromatic carbocycles. The van der Waals surface area contributed by atoms with Gasteiger partial charge in [-0.15, -0.1) is 0 Å². The lowest BCUT2D eigenvalue weighted by Crippen LogP contribution is -2.22. The molecule has 1 N–H and O–H groups in total. The van der Waals surface area contributed by atoms with Crippen LogP contribution >= 0.6 is 0 Å². The van der Waals surface area contributed by atoms with Crippen LogP contribution in [0.5, 0.6) is 0 Å². The second-order valence-corrected chi connectivity index (χ2v) is 8.07. The topological polar surface area (TPSA) is 64.9 Å². The van der Waals surface area contributed by atoms with Gasteiger partial charge in [0.1, 0.15) is 11.6 Å². The Labute approximate surface area is 144 Å². The minimum absolute atomic E-state index is 0.0397. The molecular formula is C18H29N5O. The zero-order valence-corrected chi connectivity index (χ0v) is 15.8. The van der Waals surface area contributed by atoms with Crippen molar-refractivity contribution in [1.29, 1.82) is 0 Å². The Morgan fingerprint density at radius 1 is 1.08 bits per heavy atom. The van der Waals surface area contributed by atoms with E-state index in [1.54, 1.807) is 13.3 Å². The van der Waals surface area contributed by atoms with Gasteiger partial charge >= 0.3 is 0 Å². The van der Waals surface area contributed by atoms with E-state index >= 15 is 0 Å². The Balaban J connectivity index is 2.30. The summed E-state index contributed by atoms with van der Waals surface area (Å²) >= 11 is 0. The average Bonchev–Trinajstić information content (AvgIpc) is 2.90. The van der Waals surface area contributed by atoms with Gasteiger partial charge in [-0.25, -0.2) is 9.97 Å². The monoisotopic (exact) mass is 331 g/mol. The van der Waals surface area contributed by atoms with Crippen molar-refractivity contribution in [2.45, 2.75) is 58.9 Å². The molecule has 0 saturated carbocycles. The first-order valence-electron chi connectivity index (χ1n) is 8.28. The van der Waals surface area contributed by atoms with Gasteiger partial charge in [-0.2, -0.15) is 5.10 Å². The summed E-state index contributed by atoms with van der Waals surface area (Å²) in [6.45, 7) is 14.2. The minimum Gasteiger partial charge on any atom is -0.383 e. The van der Waals surface area contributed by atoms with Crippen molar-refractivity contribution in [3.05, 3.63) is 30.0 Å². The summed E-state index contributed by atoms with van der Waals surface area (Å²) in [5, 5.41) is 7.67. The molecule has 0 saturated heterocycles. The van der Waals surface area contributed by atoms with Crippen LogP contribution in [0.25, 0.3) is 0 Å². The Hall–Kier alpha value is -1.95. The number of nitrogens with one attached hydrogen (secondary N) is 1. The first kappa shape index (κ1) is 18.4. The van der Waals surface area contributed by atoms with Crippen molar-refractivity contribution >= 4 is 11.5 Å². The summed E-state index contributed by atoms with van der Waals surface area (Å²) in [5.41, 5.74) is 1.78. The summed E-state index contributed by atoms with van der Waals surface area (Å²) in [4.78, 5) is 9.48. The van der Waals surface area contributed by atoms with E-state index in [0.29, 0.717) is 6.61 Å². The fraction of sp³-hybridized carbons (Fsp3) is 0.611. The molecule has 2 rings (SSSR count). The van der Waals surface area contributed by atoms with Gasteiger partial charge in [0.25, 0.3) is 0 Å². The van der Waals surface area contributed by atoms with Crippen molar-refractivity contribution in [1.82, 2.24) is 19.7 Å². The van der Waals surface area contributed by atoms with E-state index in [4.69, 9.17) is 14.7 Å². The number of ether oxygens (including phenoxy) is 1. The molecule has 0 radical (unpaired) electrons. The van der Waals surface area contributed by atoms with Gasteiger partial charge in [-0.3, -0.25) is 4.68 Å². The van der Waals surface area contributed by atoms with Gasteiger partial charge in [0, 0.05) is 30.2 Å². The van der Waals surface area contributed by atoms with Gasteiger partial charge in [0.2, 0.25) is 0 Å². The molecule has 0 spiro atoms. The Morgan fingerprint density at radius 3 is 2.38 bits per heavy atom. The van der Waals surface area contributed by atoms with Crippen LogP contribution in [0.1, 0.15) is 53.1 Å². The maximum atomic E-state index is 5.08. The van der Waals surface area contributed by atoms with Crippen LogP contribution in [-0.4, -0.2) is 33.5 Å². The van der Waals surface area contributed by atoms with Crippen molar-refractivity contribution in [2.24, 2.45) is 0 Å². The molecule has 0 amide bonds. The fourth-order valence-electron chi connectivity index (χ4n) is 2.11. The lowest BCUT2D eigenvalue weighted by atomic mass is 9.90. The van der Waals surface area contributed by atoms with Crippen LogP contribution in [0.15, 0.2) is 18.5 Å². The predicted molar refractivity (Wildman–Crippen MR) is 96.8 cm³/mol. The molecular weight excluding hydrogens is 302 g/mol. The molecule has 0 unspecified atom stereocenters. The van der Waals surface area contributed by atoms with Crippen LogP contribution < -0.4 is 5.32 Å². The third-order valence-electron chi connectivity index (χ3n) is 3.60. The minimum atomic E-state index is -0.111. The summed E-state index contributed by atoms with van der Waals surface area (Å²) < 4.78 is 6.93. The summed E-state index contributed by atoms with van der Waals surface area (Å²) in [7, 11) is 1.69.